The van der Waals surface area contributed by atoms with Gasteiger partial charge in [0.25, 0.3) is 11.6 Å². The number of ether oxygens (including phenoxy) is 7. The summed E-state index contributed by atoms with van der Waals surface area (Å²) in [6.07, 6.45) is -1.33. The van der Waals surface area contributed by atoms with Crippen molar-refractivity contribution in [3.05, 3.63) is 99.6 Å². The number of likely N-dealkylation sites (N-methyl/N-ethyl adjacent to an activating group) is 2. The van der Waals surface area contributed by atoms with Crippen LogP contribution in [-0.4, -0.2) is 227 Å². The monoisotopic (exact) mass is 1530 g/mol. The minimum atomic E-state index is -0.982. The van der Waals surface area contributed by atoms with Crippen LogP contribution in [0.15, 0.2) is 72.8 Å². The first kappa shape index (κ1) is 92.7. The number of nitrogens with zero attached hydrogens (tertiary/aromatic N) is 4. The summed E-state index contributed by atoms with van der Waals surface area (Å²) in [5.74, 6) is -6.62. The molecule has 1 heterocycles. The van der Waals surface area contributed by atoms with Crippen LogP contribution in [0.1, 0.15) is 155 Å². The second-order valence-electron chi connectivity index (χ2n) is 28.9. The van der Waals surface area contributed by atoms with Gasteiger partial charge in [0, 0.05) is 96.4 Å². The zero-order valence-corrected chi connectivity index (χ0v) is 66.1. The average molecular weight is 1530 g/mol. The van der Waals surface area contributed by atoms with Crippen LogP contribution in [-0.2, 0) is 73.3 Å². The van der Waals surface area contributed by atoms with Crippen LogP contribution in [0.5, 0.6) is 0 Å². The molecule has 1 fully saturated rings. The minimum Gasteiger partial charge on any atom is -0.445 e. The number of hydrogen-bond acceptors (Lipinski definition) is 21. The van der Waals surface area contributed by atoms with Crippen molar-refractivity contribution in [1.82, 2.24) is 36.0 Å². The van der Waals surface area contributed by atoms with Gasteiger partial charge in [-0.05, 0) is 91.7 Å². The van der Waals surface area contributed by atoms with Gasteiger partial charge in [-0.1, -0.05) is 111 Å². The fourth-order valence-corrected chi connectivity index (χ4v) is 13.4. The van der Waals surface area contributed by atoms with Crippen molar-refractivity contribution >= 4 is 76.2 Å². The number of aliphatic hydroxyl groups is 1. The molecule has 4 rings (SSSR count). The summed E-state index contributed by atoms with van der Waals surface area (Å²) < 4.78 is 39.9. The number of Topliss-reactive ketones (excluding diaryl/α,β-unsaturated/α-hetero) is 2. The summed E-state index contributed by atoms with van der Waals surface area (Å²) in [5, 5.41) is 35.8. The summed E-state index contributed by atoms with van der Waals surface area (Å²) in [6.45, 7) is 20.6. The number of urea groups is 1. The third-order valence-electron chi connectivity index (χ3n) is 19.8. The quantitative estimate of drug-likeness (QED) is 0.0120. The van der Waals surface area contributed by atoms with E-state index in [2.05, 4.69) is 26.6 Å². The summed E-state index contributed by atoms with van der Waals surface area (Å²) in [7, 11) is 6.18. The molecular formula is C78H121N11O20. The van der Waals surface area contributed by atoms with Crippen molar-refractivity contribution in [2.75, 3.05) is 112 Å². The van der Waals surface area contributed by atoms with E-state index in [1.165, 1.54) is 38.3 Å². The van der Waals surface area contributed by atoms with E-state index in [-0.39, 0.29) is 169 Å². The highest BCUT2D eigenvalue weighted by atomic mass is 16.6. The summed E-state index contributed by atoms with van der Waals surface area (Å²) in [4.78, 5) is 151. The zero-order valence-electron chi connectivity index (χ0n) is 66.1. The number of carbonyl (C=O) groups excluding carboxylic acids is 10. The molecule has 12 atom stereocenters. The van der Waals surface area contributed by atoms with E-state index >= 15 is 0 Å². The Morgan fingerprint density at radius 1 is 0.706 bits per heavy atom. The van der Waals surface area contributed by atoms with E-state index in [1.54, 1.807) is 94.8 Å². The topological polar surface area (TPSA) is 421 Å². The Kier molecular flexibility index (Phi) is 40.8. The molecule has 0 bridgehead atoms. The molecule has 0 saturated carbocycles. The number of nitrogens with two attached hydrogens (primary N) is 2. The molecule has 109 heavy (non-hydrogen) atoms. The molecule has 1 saturated heterocycles. The lowest BCUT2D eigenvalue weighted by molar-refractivity contribution is -0.383. The molecule has 0 unspecified atom stereocenters. The third kappa shape index (κ3) is 30.2. The van der Waals surface area contributed by atoms with Gasteiger partial charge >= 0.3 is 12.1 Å². The van der Waals surface area contributed by atoms with Crippen LogP contribution >= 0.6 is 0 Å². The molecule has 3 aromatic carbocycles. The van der Waals surface area contributed by atoms with Crippen molar-refractivity contribution < 1.29 is 91.1 Å². The average Bonchev–Trinajstić information content (AvgIpc) is 1.80. The van der Waals surface area contributed by atoms with Gasteiger partial charge in [0.2, 0.25) is 29.5 Å². The highest BCUT2D eigenvalue weighted by molar-refractivity contribution is 5.98. The fourth-order valence-electron chi connectivity index (χ4n) is 13.4. The maximum Gasteiger partial charge on any atom is 0.410 e. The number of primary amides is 1. The maximum atomic E-state index is 14.9. The molecule has 0 aromatic heterocycles. The molecule has 0 spiro atoms. The second-order valence-corrected chi connectivity index (χ2v) is 28.9. The normalized spacial score (nSPS) is 15.9. The number of aliphatic hydroxyl groups excluding tert-OH is 1. The Morgan fingerprint density at radius 2 is 1.33 bits per heavy atom. The second kappa shape index (κ2) is 48.0. The minimum absolute atomic E-state index is 0.0432. The van der Waals surface area contributed by atoms with E-state index in [1.807, 2.05) is 45.9 Å². The number of anilines is 2. The summed E-state index contributed by atoms with van der Waals surface area (Å²) >= 11 is 0. The first-order valence-electron chi connectivity index (χ1n) is 37.7. The number of amides is 9. The molecule has 0 radical (unpaired) electrons. The first-order valence-corrected chi connectivity index (χ1v) is 37.7. The highest BCUT2D eigenvalue weighted by Crippen LogP contribution is 2.33. The van der Waals surface area contributed by atoms with Gasteiger partial charge in [-0.15, -0.1) is 0 Å². The van der Waals surface area contributed by atoms with Gasteiger partial charge in [0.05, 0.1) is 119 Å². The third-order valence-corrected chi connectivity index (χ3v) is 19.8. The number of hydrogen-bond donors (Lipinski definition) is 8. The summed E-state index contributed by atoms with van der Waals surface area (Å²) in [6, 6.07) is 15.1. The number of nitrogens with one attached hydrogen (secondary N) is 5. The Balaban J connectivity index is 1.27. The van der Waals surface area contributed by atoms with Crippen molar-refractivity contribution in [1.29, 1.82) is 0 Å². The number of ketones is 2. The molecule has 1 aliphatic rings. The van der Waals surface area contributed by atoms with Gasteiger partial charge in [-0.25, -0.2) is 9.59 Å². The van der Waals surface area contributed by atoms with E-state index in [0.29, 0.717) is 49.0 Å². The Labute approximate surface area is 641 Å². The Hall–Kier alpha value is -8.72. The molecule has 31 nitrogen and oxygen atoms in total. The lowest BCUT2D eigenvalue weighted by atomic mass is 9.83. The van der Waals surface area contributed by atoms with Crippen molar-refractivity contribution in [3.8, 4) is 0 Å². The zero-order chi connectivity index (χ0) is 81.0. The molecule has 0 aliphatic carbocycles. The molecule has 31 heteroatoms. The van der Waals surface area contributed by atoms with Gasteiger partial charge in [-0.3, -0.25) is 48.5 Å². The van der Waals surface area contributed by atoms with Gasteiger partial charge in [0.1, 0.15) is 12.3 Å². The predicted molar refractivity (Wildman–Crippen MR) is 409 cm³/mol. The Bertz CT molecular complexity index is 3380. The largest absolute Gasteiger partial charge is 0.445 e. The predicted octanol–water partition coefficient (Wildman–Crippen LogP) is 7.15. The first-order chi connectivity index (χ1) is 51.8. The van der Waals surface area contributed by atoms with E-state index in [9.17, 15) is 63.2 Å². The molecule has 9 amide bonds. The lowest BCUT2D eigenvalue weighted by Crippen LogP contribution is -2.55. The number of nitrogen functional groups attached to an aromatic ring is 1. The molecule has 608 valence electrons. The smallest absolute Gasteiger partial charge is 0.410 e. The number of nitro groups is 1. The fraction of sp³-hybridized carbons (Fsp3) is 0.641. The van der Waals surface area contributed by atoms with Crippen molar-refractivity contribution in [3.63, 3.8) is 0 Å². The van der Waals surface area contributed by atoms with Crippen LogP contribution < -0.4 is 38.1 Å². The standard InChI is InChI=1S/C78H121N11O20/c1-15-51(8)70(65(103-13)46-67(93)88-34-20-24-61(88)72(104-14)52(9)73(95)83-53(10)71(94)55-21-17-16-18-22-55)86(11)76(98)59(48(2)3)45-64(91)69(50(6)7)87(12)78(100)109-47-54-25-28-58(29-26-54)84-75(97)56(23-19-32-82-77(80)99)44-63(90)68(49(4)5)85-66(92)31-35-105-37-39-107-41-42-108-40-38-106-36-33-81-74(96)57-27-30-60(79)62(43-57)89(101)102/h16-18,21-22,25-30,43,48-53,56,59,61,65,68-72,94H,15,19-20,23-24,31-42,44-47,79H2,1-14H3,(H,81,96)(H,83,95)(H,84,97)(H,85,92)(H3,80,82,99)/t51-,52+,53+,56+,59-,61-,65+,68-,69-,70-,71+,72+/m0/s1. The number of nitro benzene ring substituents is 1. The van der Waals surface area contributed by atoms with E-state index in [0.717, 1.165) is 6.07 Å². The SMILES string of the molecule is CC[C@H](C)[C@@H]([C@@H](CC(=O)N1CCC[C@H]1[C@H](OC)[C@@H](C)C(=O)N[C@H](C)[C@@H](O)c1ccccc1)OC)N(C)C(=O)[C@@H](CC(=O)[C@H](C(C)C)N(C)C(=O)OCc1ccc(NC(=O)[C@H](CCCNC(N)=O)CC(=O)[C@@H](NC(=O)CCOCCOCCOCCOCCNC(=O)c2ccc(N)c([N+](=O)[O-])c2)C(C)C)cc1)C(C)C. The lowest BCUT2D eigenvalue weighted by Gasteiger charge is -2.41. The van der Waals surface area contributed by atoms with Crippen LogP contribution in [0.25, 0.3) is 0 Å². The van der Waals surface area contributed by atoms with Crippen molar-refractivity contribution in [2.45, 2.75) is 182 Å². The van der Waals surface area contributed by atoms with Crippen LogP contribution in [0, 0.1) is 51.5 Å². The van der Waals surface area contributed by atoms with Crippen LogP contribution in [0.4, 0.5) is 26.7 Å². The summed E-state index contributed by atoms with van der Waals surface area (Å²) in [5.41, 5.74) is 12.2. The van der Waals surface area contributed by atoms with E-state index in [4.69, 9.17) is 44.6 Å². The van der Waals surface area contributed by atoms with E-state index < -0.39 is 107 Å². The molecule has 1 aliphatic heterocycles. The van der Waals surface area contributed by atoms with Gasteiger partial charge < -0.3 is 91.0 Å². The highest BCUT2D eigenvalue weighted by Gasteiger charge is 2.44. The molecule has 10 N–H and O–H groups in total. The van der Waals surface area contributed by atoms with Crippen molar-refractivity contribution in [2.24, 2.45) is 47.2 Å². The van der Waals surface area contributed by atoms with Gasteiger partial charge in [-0.2, -0.15) is 0 Å². The maximum absolute atomic E-state index is 14.9. The van der Waals surface area contributed by atoms with Gasteiger partial charge in [0.15, 0.2) is 11.6 Å². The number of benzene rings is 3. The molecule has 3 aromatic rings. The number of methoxy groups -OCH3 is 2. The molecular weight excluding hydrogens is 1410 g/mol. The number of carbonyl (C=O) groups is 10. The Morgan fingerprint density at radius 3 is 1.90 bits per heavy atom. The number of rotatable bonds is 51. The van der Waals surface area contributed by atoms with Crippen LogP contribution in [0.3, 0.4) is 0 Å². The van der Waals surface area contributed by atoms with Crippen LogP contribution in [0.2, 0.25) is 0 Å². The number of likely N-dealkylation sites (tertiary alicyclic amines) is 1.